The molecule has 0 radical (unpaired) electrons. The van der Waals surface area contributed by atoms with Crippen molar-refractivity contribution in [2.75, 3.05) is 31.9 Å². The van der Waals surface area contributed by atoms with Crippen molar-refractivity contribution in [1.29, 1.82) is 0 Å². The summed E-state index contributed by atoms with van der Waals surface area (Å²) in [6, 6.07) is 8.20. The van der Waals surface area contributed by atoms with Crippen LogP contribution in [0.5, 0.6) is 0 Å². The van der Waals surface area contributed by atoms with Gasteiger partial charge in [0.15, 0.2) is 0 Å². The first-order valence-corrected chi connectivity index (χ1v) is 8.27. The van der Waals surface area contributed by atoms with Crippen LogP contribution in [0.1, 0.15) is 16.3 Å². The molecule has 0 unspecified atom stereocenters. The highest BCUT2D eigenvalue weighted by Gasteiger charge is 2.17. The van der Waals surface area contributed by atoms with Crippen LogP contribution >= 0.6 is 11.3 Å². The van der Waals surface area contributed by atoms with Crippen molar-refractivity contribution in [3.8, 4) is 0 Å². The average Bonchev–Trinajstić information content (AvgIpc) is 2.86. The van der Waals surface area contributed by atoms with E-state index in [4.69, 9.17) is 5.73 Å². The molecule has 0 saturated carbocycles. The van der Waals surface area contributed by atoms with Gasteiger partial charge in [-0.05, 0) is 24.6 Å². The lowest BCUT2D eigenvalue weighted by atomic mass is 10.1. The monoisotopic (exact) mass is 302 g/mol. The molecule has 5 heteroatoms. The van der Waals surface area contributed by atoms with Gasteiger partial charge in [-0.2, -0.15) is 0 Å². The zero-order valence-electron chi connectivity index (χ0n) is 12.5. The smallest absolute Gasteiger partial charge is 0.0897 e. The number of hydrogen-bond acceptors (Lipinski definition) is 5. The summed E-state index contributed by atoms with van der Waals surface area (Å²) in [6.45, 7) is 8.48. The van der Waals surface area contributed by atoms with Crippen LogP contribution in [0.4, 0.5) is 5.69 Å². The Bertz CT molecular complexity index is 587. The van der Waals surface area contributed by atoms with E-state index in [9.17, 15) is 0 Å². The Morgan fingerprint density at radius 3 is 2.48 bits per heavy atom. The Morgan fingerprint density at radius 1 is 1.14 bits per heavy atom. The lowest BCUT2D eigenvalue weighted by molar-refractivity contribution is 0.121. The van der Waals surface area contributed by atoms with Crippen LogP contribution in [-0.2, 0) is 13.1 Å². The third-order valence-electron chi connectivity index (χ3n) is 3.87. The number of aromatic nitrogens is 1. The molecule has 4 nitrogen and oxygen atoms in total. The predicted molar refractivity (Wildman–Crippen MR) is 88.3 cm³/mol. The first-order chi connectivity index (χ1) is 10.2. The van der Waals surface area contributed by atoms with Gasteiger partial charge in [0.25, 0.3) is 0 Å². The van der Waals surface area contributed by atoms with E-state index in [1.165, 1.54) is 11.3 Å². The molecule has 1 aliphatic heterocycles. The summed E-state index contributed by atoms with van der Waals surface area (Å²) in [6.07, 6.45) is 0. The largest absolute Gasteiger partial charge is 0.399 e. The van der Waals surface area contributed by atoms with Crippen LogP contribution in [0.2, 0.25) is 0 Å². The maximum atomic E-state index is 5.84. The van der Waals surface area contributed by atoms with Crippen LogP contribution in [0.25, 0.3) is 0 Å². The fourth-order valence-electron chi connectivity index (χ4n) is 2.77. The molecule has 1 saturated heterocycles. The minimum Gasteiger partial charge on any atom is -0.399 e. The Hall–Kier alpha value is -1.43. The summed E-state index contributed by atoms with van der Waals surface area (Å²) in [5.41, 5.74) is 9.21. The van der Waals surface area contributed by atoms with Crippen LogP contribution in [-0.4, -0.2) is 41.0 Å². The molecule has 1 aromatic carbocycles. The summed E-state index contributed by atoms with van der Waals surface area (Å²) >= 11 is 1.74. The number of piperazine rings is 1. The molecule has 2 aromatic rings. The first kappa shape index (κ1) is 14.5. The first-order valence-electron chi connectivity index (χ1n) is 7.39. The molecule has 112 valence electrons. The van der Waals surface area contributed by atoms with Gasteiger partial charge in [0, 0.05) is 50.3 Å². The van der Waals surface area contributed by atoms with Crippen molar-refractivity contribution in [3.05, 3.63) is 45.9 Å². The number of nitrogens with two attached hydrogens (primary N) is 1. The highest BCUT2D eigenvalue weighted by Crippen LogP contribution is 2.14. The highest BCUT2D eigenvalue weighted by molar-refractivity contribution is 7.09. The molecule has 0 bridgehead atoms. The molecule has 0 aliphatic carbocycles. The number of thiazole rings is 1. The number of nitrogens with zero attached hydrogens (tertiary/aromatic N) is 3. The van der Waals surface area contributed by atoms with Gasteiger partial charge >= 0.3 is 0 Å². The molecule has 0 spiro atoms. The minimum absolute atomic E-state index is 0.852. The topological polar surface area (TPSA) is 45.4 Å². The van der Waals surface area contributed by atoms with Gasteiger partial charge in [-0.15, -0.1) is 11.3 Å². The van der Waals surface area contributed by atoms with E-state index in [2.05, 4.69) is 39.2 Å². The van der Waals surface area contributed by atoms with Crippen LogP contribution in [0.15, 0.2) is 29.6 Å². The van der Waals surface area contributed by atoms with E-state index < -0.39 is 0 Å². The van der Waals surface area contributed by atoms with Crippen molar-refractivity contribution in [1.82, 2.24) is 14.8 Å². The molecule has 1 aromatic heterocycles. The second-order valence-corrected chi connectivity index (χ2v) is 6.72. The lowest BCUT2D eigenvalue weighted by Crippen LogP contribution is -2.45. The average molecular weight is 302 g/mol. The van der Waals surface area contributed by atoms with Crippen molar-refractivity contribution >= 4 is 17.0 Å². The molecule has 2 N–H and O–H groups in total. The van der Waals surface area contributed by atoms with Gasteiger partial charge < -0.3 is 5.73 Å². The molecule has 0 atom stereocenters. The Kier molecular flexibility index (Phi) is 4.53. The lowest BCUT2D eigenvalue weighted by Gasteiger charge is -2.34. The number of anilines is 1. The molecule has 2 heterocycles. The summed E-state index contributed by atoms with van der Waals surface area (Å²) in [4.78, 5) is 9.54. The van der Waals surface area contributed by atoms with E-state index in [-0.39, 0.29) is 0 Å². The third-order valence-corrected chi connectivity index (χ3v) is 4.70. The predicted octanol–water partition coefficient (Wildman–Crippen LogP) is 2.35. The highest BCUT2D eigenvalue weighted by atomic mass is 32.1. The Morgan fingerprint density at radius 2 is 1.86 bits per heavy atom. The van der Waals surface area contributed by atoms with E-state index >= 15 is 0 Å². The standard InChI is InChI=1S/C16H22N4S/c1-13-18-16(12-21-13)11-20-7-5-19(6-8-20)10-14-3-2-4-15(17)9-14/h2-4,9,12H,5-8,10-11,17H2,1H3. The van der Waals surface area contributed by atoms with Gasteiger partial charge in [0.2, 0.25) is 0 Å². The zero-order valence-corrected chi connectivity index (χ0v) is 13.3. The van der Waals surface area contributed by atoms with Gasteiger partial charge in [0.05, 0.1) is 10.7 Å². The minimum atomic E-state index is 0.852. The summed E-state index contributed by atoms with van der Waals surface area (Å²) in [7, 11) is 0. The molecule has 1 aliphatic rings. The van der Waals surface area contributed by atoms with E-state index in [0.717, 1.165) is 50.0 Å². The van der Waals surface area contributed by atoms with Crippen molar-refractivity contribution in [3.63, 3.8) is 0 Å². The van der Waals surface area contributed by atoms with E-state index in [1.807, 2.05) is 12.1 Å². The second-order valence-electron chi connectivity index (χ2n) is 5.66. The number of aryl methyl sites for hydroxylation is 1. The summed E-state index contributed by atoms with van der Waals surface area (Å²) in [5, 5.41) is 3.33. The molecule has 3 rings (SSSR count). The maximum Gasteiger partial charge on any atom is 0.0897 e. The number of rotatable bonds is 4. The number of benzene rings is 1. The maximum absolute atomic E-state index is 5.84. The van der Waals surface area contributed by atoms with Crippen LogP contribution in [0.3, 0.4) is 0 Å². The fraction of sp³-hybridized carbons (Fsp3) is 0.438. The van der Waals surface area contributed by atoms with Gasteiger partial charge in [-0.3, -0.25) is 9.80 Å². The zero-order chi connectivity index (χ0) is 14.7. The molecule has 1 fully saturated rings. The second kappa shape index (κ2) is 6.56. The van der Waals surface area contributed by atoms with E-state index in [1.54, 1.807) is 11.3 Å². The molecular formula is C16H22N4S. The number of hydrogen-bond donors (Lipinski definition) is 1. The van der Waals surface area contributed by atoms with Gasteiger partial charge in [-0.1, -0.05) is 12.1 Å². The number of nitrogen functional groups attached to an aromatic ring is 1. The summed E-state index contributed by atoms with van der Waals surface area (Å²) in [5.74, 6) is 0. The Labute approximate surface area is 130 Å². The molecule has 0 amide bonds. The summed E-state index contributed by atoms with van der Waals surface area (Å²) < 4.78 is 0. The van der Waals surface area contributed by atoms with E-state index in [0.29, 0.717) is 0 Å². The fourth-order valence-corrected chi connectivity index (χ4v) is 3.37. The van der Waals surface area contributed by atoms with Crippen molar-refractivity contribution < 1.29 is 0 Å². The van der Waals surface area contributed by atoms with Crippen molar-refractivity contribution in [2.45, 2.75) is 20.0 Å². The van der Waals surface area contributed by atoms with Gasteiger partial charge in [-0.25, -0.2) is 4.98 Å². The van der Waals surface area contributed by atoms with Gasteiger partial charge in [0.1, 0.15) is 0 Å². The van der Waals surface area contributed by atoms with Crippen LogP contribution < -0.4 is 5.73 Å². The van der Waals surface area contributed by atoms with Crippen molar-refractivity contribution in [2.24, 2.45) is 0 Å². The molecule has 21 heavy (non-hydrogen) atoms. The normalized spacial score (nSPS) is 17.2. The Balaban J connectivity index is 1.48. The quantitative estimate of drug-likeness (QED) is 0.881. The third kappa shape index (κ3) is 4.03. The van der Waals surface area contributed by atoms with Crippen LogP contribution in [0, 0.1) is 6.92 Å². The molecular weight excluding hydrogens is 280 g/mol. The SMILES string of the molecule is Cc1nc(CN2CCN(Cc3cccc(N)c3)CC2)cs1.